The van der Waals surface area contributed by atoms with Crippen LogP contribution in [0.3, 0.4) is 0 Å². The van der Waals surface area contributed by atoms with Gasteiger partial charge in [0.2, 0.25) is 0 Å². The number of ketones is 1. The maximum absolute atomic E-state index is 13.5. The number of ether oxygens (including phenoxy) is 1. The molecule has 0 spiro atoms. The molecule has 1 aliphatic heterocycles. The van der Waals surface area contributed by atoms with Crippen LogP contribution in [-0.2, 0) is 29.1 Å². The zero-order valence-electron chi connectivity index (χ0n) is 13.6. The summed E-state index contributed by atoms with van der Waals surface area (Å²) in [5.41, 5.74) is -6.57. The Morgan fingerprint density at radius 3 is 1.89 bits per heavy atom. The first-order chi connectivity index (χ1) is 12.4. The topological polar surface area (TPSA) is 71.1 Å². The number of hydrogen-bond donors (Lipinski definition) is 0. The highest BCUT2D eigenvalue weighted by Crippen LogP contribution is 2.60. The fourth-order valence-electron chi connectivity index (χ4n) is 5.06. The molecular weight excluding hydrogens is 390 g/mol. The number of rotatable bonds is 3. The summed E-state index contributed by atoms with van der Waals surface area (Å²) in [6.07, 6.45) is -14.3. The summed E-state index contributed by atoms with van der Waals surface area (Å²) in [6, 6.07) is 0. The Morgan fingerprint density at radius 2 is 1.48 bits per heavy atom. The van der Waals surface area contributed by atoms with Crippen molar-refractivity contribution < 1.29 is 55.5 Å². The van der Waals surface area contributed by atoms with Gasteiger partial charge in [0.05, 0.1) is 0 Å². The van der Waals surface area contributed by atoms with Crippen molar-refractivity contribution in [1.29, 1.82) is 0 Å². The minimum atomic E-state index is -6.12. The van der Waals surface area contributed by atoms with Gasteiger partial charge in [-0.1, -0.05) is 5.04 Å². The van der Waals surface area contributed by atoms with Crippen molar-refractivity contribution in [2.75, 3.05) is 0 Å². The molecule has 2 unspecified atom stereocenters. The van der Waals surface area contributed by atoms with Gasteiger partial charge in [-0.3, -0.25) is 9.59 Å². The molecule has 4 aliphatic carbocycles. The number of alkyl halides is 6. The summed E-state index contributed by atoms with van der Waals surface area (Å²) in [7, 11) is 0. The lowest BCUT2D eigenvalue weighted by molar-refractivity contribution is -0.715. The SMILES string of the molecule is O=C1C2CC3CC1CC(OC(=O)C(C1OOO1)(C(F)(F)F)C(F)(F)F)(C3)C2. The van der Waals surface area contributed by atoms with Gasteiger partial charge >= 0.3 is 23.7 Å². The number of esters is 1. The fraction of sp³-hybridized carbons (Fsp3) is 0.867. The molecule has 5 rings (SSSR count). The third kappa shape index (κ3) is 2.52. The van der Waals surface area contributed by atoms with E-state index in [0.29, 0.717) is 12.8 Å². The van der Waals surface area contributed by atoms with Gasteiger partial charge < -0.3 is 4.74 Å². The average molecular weight is 404 g/mol. The molecule has 0 amide bonds. The highest BCUT2D eigenvalue weighted by molar-refractivity contribution is 5.86. The lowest BCUT2D eigenvalue weighted by atomic mass is 9.53. The van der Waals surface area contributed by atoms with Gasteiger partial charge in [-0.2, -0.15) is 36.1 Å². The second kappa shape index (κ2) is 5.57. The second-order valence-corrected chi connectivity index (χ2v) is 7.71. The predicted octanol–water partition coefficient (Wildman–Crippen LogP) is 3.01. The monoisotopic (exact) mass is 404 g/mol. The van der Waals surface area contributed by atoms with E-state index >= 15 is 0 Å². The largest absolute Gasteiger partial charge is 0.458 e. The third-order valence-corrected chi connectivity index (χ3v) is 6.07. The molecule has 6 nitrogen and oxygen atoms in total. The first-order valence-electron chi connectivity index (χ1n) is 8.29. The van der Waals surface area contributed by atoms with Crippen molar-refractivity contribution in [2.45, 2.75) is 56.3 Å². The molecule has 5 fully saturated rings. The van der Waals surface area contributed by atoms with Crippen molar-refractivity contribution in [3.05, 3.63) is 0 Å². The number of halogens is 6. The van der Waals surface area contributed by atoms with Crippen molar-refractivity contribution in [1.82, 2.24) is 0 Å². The smallest absolute Gasteiger partial charge is 0.419 e. The molecule has 0 aromatic rings. The Morgan fingerprint density at radius 1 is 0.963 bits per heavy atom. The molecular formula is C15H14F6O6. The van der Waals surface area contributed by atoms with E-state index in [-0.39, 0.29) is 31.0 Å². The van der Waals surface area contributed by atoms with E-state index in [0.717, 1.165) is 0 Å². The molecule has 0 N–H and O–H groups in total. The molecule has 4 bridgehead atoms. The molecule has 0 radical (unpaired) electrons. The highest BCUT2D eigenvalue weighted by Gasteiger charge is 2.84. The minimum Gasteiger partial charge on any atom is -0.458 e. The first-order valence-corrected chi connectivity index (χ1v) is 8.29. The number of hydrogen-bond acceptors (Lipinski definition) is 6. The van der Waals surface area contributed by atoms with Gasteiger partial charge in [-0.25, -0.2) is 0 Å². The van der Waals surface area contributed by atoms with E-state index < -0.39 is 47.5 Å². The van der Waals surface area contributed by atoms with Crippen LogP contribution in [0.15, 0.2) is 0 Å². The van der Waals surface area contributed by atoms with E-state index in [1.807, 2.05) is 0 Å². The van der Waals surface area contributed by atoms with Crippen molar-refractivity contribution in [3.63, 3.8) is 0 Å². The van der Waals surface area contributed by atoms with Crippen LogP contribution in [0.4, 0.5) is 26.3 Å². The van der Waals surface area contributed by atoms with Crippen LogP contribution < -0.4 is 0 Å². The van der Waals surface area contributed by atoms with Crippen molar-refractivity contribution in [2.24, 2.45) is 23.2 Å². The molecule has 152 valence electrons. The molecule has 5 aliphatic rings. The standard InChI is InChI=1S/C15H14F6O6/c16-14(17,18)13(15(19,20)21,11-25-27-26-11)10(23)24-12-3-6-1-7(4-12)9(22)8(2-6)5-12/h6-8,11H,1-5H2. The van der Waals surface area contributed by atoms with Crippen LogP contribution in [0.5, 0.6) is 0 Å². The number of carbonyl (C=O) groups is 2. The van der Waals surface area contributed by atoms with E-state index in [1.165, 1.54) is 0 Å². The van der Waals surface area contributed by atoms with Crippen molar-refractivity contribution >= 4 is 11.8 Å². The molecule has 1 heterocycles. The summed E-state index contributed by atoms with van der Waals surface area (Å²) in [4.78, 5) is 32.1. The van der Waals surface area contributed by atoms with Gasteiger partial charge in [0, 0.05) is 11.8 Å². The number of Topliss-reactive ketones (excluding diaryl/α,β-unsaturated/α-hetero) is 1. The van der Waals surface area contributed by atoms with Gasteiger partial charge in [0.15, 0.2) is 0 Å². The summed E-state index contributed by atoms with van der Waals surface area (Å²) >= 11 is 0. The summed E-state index contributed by atoms with van der Waals surface area (Å²) in [6.45, 7) is 0. The molecule has 27 heavy (non-hydrogen) atoms. The van der Waals surface area contributed by atoms with Crippen molar-refractivity contribution in [3.8, 4) is 0 Å². The number of carbonyl (C=O) groups excluding carboxylic acids is 2. The molecule has 0 aromatic carbocycles. The second-order valence-electron chi connectivity index (χ2n) is 7.71. The van der Waals surface area contributed by atoms with E-state index in [9.17, 15) is 35.9 Å². The molecule has 4 saturated carbocycles. The Balaban J connectivity index is 1.68. The van der Waals surface area contributed by atoms with Gasteiger partial charge in [0.1, 0.15) is 11.4 Å². The van der Waals surface area contributed by atoms with Crippen LogP contribution in [0.1, 0.15) is 32.1 Å². The third-order valence-electron chi connectivity index (χ3n) is 6.07. The summed E-state index contributed by atoms with van der Waals surface area (Å²) in [5.74, 6) is -3.69. The van der Waals surface area contributed by atoms with Crippen LogP contribution in [0, 0.1) is 23.2 Å². The first kappa shape index (κ1) is 18.9. The summed E-state index contributed by atoms with van der Waals surface area (Å²) < 4.78 is 86.1. The summed E-state index contributed by atoms with van der Waals surface area (Å²) in [5, 5.41) is 3.54. The molecule has 0 aromatic heterocycles. The van der Waals surface area contributed by atoms with E-state index in [4.69, 9.17) is 4.74 Å². The minimum absolute atomic E-state index is 0.0606. The highest BCUT2D eigenvalue weighted by atomic mass is 19.4. The van der Waals surface area contributed by atoms with Gasteiger partial charge in [-0.05, 0) is 38.0 Å². The fourth-order valence-corrected chi connectivity index (χ4v) is 5.06. The Kier molecular flexibility index (Phi) is 3.91. The Labute approximate surface area is 147 Å². The average Bonchev–Trinajstić information content (AvgIpc) is 2.43. The van der Waals surface area contributed by atoms with Gasteiger partial charge in [-0.15, -0.1) is 0 Å². The maximum Gasteiger partial charge on any atom is 0.419 e. The van der Waals surface area contributed by atoms with E-state index in [1.54, 1.807) is 0 Å². The van der Waals surface area contributed by atoms with Crippen LogP contribution in [0.2, 0.25) is 0 Å². The Hall–Kier alpha value is -1.40. The van der Waals surface area contributed by atoms with Crippen LogP contribution >= 0.6 is 0 Å². The quantitative estimate of drug-likeness (QED) is 0.409. The van der Waals surface area contributed by atoms with Gasteiger partial charge in [0.25, 0.3) is 6.29 Å². The molecule has 2 atom stereocenters. The lowest BCUT2D eigenvalue weighted by Gasteiger charge is -2.55. The maximum atomic E-state index is 13.5. The zero-order chi connectivity index (χ0) is 19.8. The molecule has 1 saturated heterocycles. The zero-order valence-corrected chi connectivity index (χ0v) is 13.6. The van der Waals surface area contributed by atoms with Crippen LogP contribution in [0.25, 0.3) is 0 Å². The Bertz CT molecular complexity index is 637. The predicted molar refractivity (Wildman–Crippen MR) is 69.0 cm³/mol. The lowest BCUT2D eigenvalue weighted by Crippen LogP contribution is -2.68. The normalized spacial score (nSPS) is 36.7. The van der Waals surface area contributed by atoms with E-state index in [2.05, 4.69) is 14.8 Å². The molecule has 12 heteroatoms. The van der Waals surface area contributed by atoms with Crippen LogP contribution in [-0.4, -0.2) is 36.0 Å².